The minimum absolute atomic E-state index is 0.128. The molecule has 0 saturated carbocycles. The van der Waals surface area contributed by atoms with E-state index in [1.54, 1.807) is 6.07 Å². The van der Waals surface area contributed by atoms with E-state index in [1.807, 2.05) is 36.4 Å². The highest BCUT2D eigenvalue weighted by Gasteiger charge is 2.31. The van der Waals surface area contributed by atoms with Crippen molar-refractivity contribution < 1.29 is 4.79 Å². The molecule has 0 heterocycles. The fraction of sp³-hybridized carbons (Fsp3) is 0.133. The molecule has 0 radical (unpaired) electrons. The van der Waals surface area contributed by atoms with Crippen molar-refractivity contribution in [3.05, 3.63) is 69.2 Å². The molecule has 0 amide bonds. The highest BCUT2D eigenvalue weighted by Crippen LogP contribution is 2.35. The second-order valence-corrected chi connectivity index (χ2v) is 5.35. The number of carbonyl (C=O) groups excluding carboxylic acids is 1. The predicted octanol–water partition coefficient (Wildman–Crippen LogP) is 4.52. The van der Waals surface area contributed by atoms with Gasteiger partial charge >= 0.3 is 0 Å². The number of benzene rings is 2. The number of carbonyl (C=O) groups is 1. The van der Waals surface area contributed by atoms with Crippen molar-refractivity contribution in [2.45, 2.75) is 12.3 Å². The lowest BCUT2D eigenvalue weighted by molar-refractivity contribution is 0.0973. The van der Waals surface area contributed by atoms with E-state index in [9.17, 15) is 4.79 Å². The first kappa shape index (κ1) is 11.8. The van der Waals surface area contributed by atoms with Gasteiger partial charge in [-0.3, -0.25) is 4.79 Å². The molecular weight excluding hydrogens is 267 g/mol. The monoisotopic (exact) mass is 276 g/mol. The Morgan fingerprint density at radius 2 is 1.78 bits per heavy atom. The summed E-state index contributed by atoms with van der Waals surface area (Å²) >= 11 is 11.9. The summed E-state index contributed by atoms with van der Waals surface area (Å²) in [6, 6.07) is 12.9. The smallest absolute Gasteiger partial charge is 0.170 e. The summed E-state index contributed by atoms with van der Waals surface area (Å²) in [4.78, 5) is 12.3. The van der Waals surface area contributed by atoms with Crippen LogP contribution in [0.15, 0.2) is 42.5 Å². The van der Waals surface area contributed by atoms with E-state index < -0.39 is 0 Å². The Balaban J connectivity index is 2.02. The fourth-order valence-corrected chi connectivity index (χ4v) is 2.86. The average Bonchev–Trinajstić information content (AvgIpc) is 2.66. The van der Waals surface area contributed by atoms with Crippen molar-refractivity contribution in [3.8, 4) is 0 Å². The molecule has 0 spiro atoms. The first-order valence-electron chi connectivity index (χ1n) is 5.73. The fourth-order valence-electron chi connectivity index (χ4n) is 2.46. The van der Waals surface area contributed by atoms with Gasteiger partial charge in [-0.05, 0) is 47.9 Å². The lowest BCUT2D eigenvalue weighted by Crippen LogP contribution is -2.06. The van der Waals surface area contributed by atoms with E-state index in [0.717, 1.165) is 16.7 Å². The maximum Gasteiger partial charge on any atom is 0.170 e. The van der Waals surface area contributed by atoms with Gasteiger partial charge in [-0.1, -0.05) is 35.3 Å². The third-order valence-corrected chi connectivity index (χ3v) is 3.79. The van der Waals surface area contributed by atoms with Crippen molar-refractivity contribution in [1.29, 1.82) is 0 Å². The summed E-state index contributed by atoms with van der Waals surface area (Å²) in [6.07, 6.45) is 0.703. The molecule has 0 bridgehead atoms. The molecule has 1 aliphatic carbocycles. The van der Waals surface area contributed by atoms with Crippen LogP contribution in [-0.4, -0.2) is 5.78 Å². The Bertz CT molecular complexity index is 634. The van der Waals surface area contributed by atoms with Gasteiger partial charge in [0.25, 0.3) is 0 Å². The van der Waals surface area contributed by atoms with Crippen molar-refractivity contribution in [1.82, 2.24) is 0 Å². The number of halogens is 2. The van der Waals surface area contributed by atoms with Crippen molar-refractivity contribution >= 4 is 29.0 Å². The van der Waals surface area contributed by atoms with Crippen LogP contribution in [0.5, 0.6) is 0 Å². The van der Waals surface area contributed by atoms with Crippen molar-refractivity contribution in [2.24, 2.45) is 0 Å². The zero-order valence-corrected chi connectivity index (χ0v) is 11.0. The molecule has 2 aromatic rings. The standard InChI is InChI=1S/C15H10Cl2O/c16-11-3-1-2-9(6-11)14-8-10-7-12(17)4-5-13(10)15(14)18/h1-7,14H,8H2. The Labute approximate surface area is 115 Å². The minimum atomic E-state index is -0.128. The Hall–Kier alpha value is -1.31. The quantitative estimate of drug-likeness (QED) is 0.749. The number of Topliss-reactive ketones (excluding diaryl/α,β-unsaturated/α-hetero) is 1. The number of ketones is 1. The zero-order chi connectivity index (χ0) is 12.7. The molecule has 1 nitrogen and oxygen atoms in total. The summed E-state index contributed by atoms with van der Waals surface area (Å²) in [5, 5.41) is 1.34. The average molecular weight is 277 g/mol. The van der Waals surface area contributed by atoms with Gasteiger partial charge in [0.2, 0.25) is 0 Å². The molecular formula is C15H10Cl2O. The molecule has 90 valence electrons. The van der Waals surface area contributed by atoms with Crippen LogP contribution in [0.2, 0.25) is 10.0 Å². The molecule has 0 aliphatic heterocycles. The summed E-state index contributed by atoms with van der Waals surface area (Å²) in [6.45, 7) is 0. The van der Waals surface area contributed by atoms with E-state index in [1.165, 1.54) is 0 Å². The van der Waals surface area contributed by atoms with Crippen molar-refractivity contribution in [2.75, 3.05) is 0 Å². The third kappa shape index (κ3) is 1.94. The van der Waals surface area contributed by atoms with Crippen LogP contribution in [-0.2, 0) is 6.42 Å². The molecule has 0 saturated heterocycles. The lowest BCUT2D eigenvalue weighted by Gasteiger charge is -2.08. The van der Waals surface area contributed by atoms with E-state index in [2.05, 4.69) is 0 Å². The Morgan fingerprint density at radius 1 is 1.00 bits per heavy atom. The van der Waals surface area contributed by atoms with E-state index in [4.69, 9.17) is 23.2 Å². The van der Waals surface area contributed by atoms with Gasteiger partial charge in [0, 0.05) is 15.6 Å². The minimum Gasteiger partial charge on any atom is -0.293 e. The molecule has 1 aliphatic rings. The van der Waals surface area contributed by atoms with E-state index in [-0.39, 0.29) is 11.7 Å². The maximum atomic E-state index is 12.3. The highest BCUT2D eigenvalue weighted by molar-refractivity contribution is 6.31. The molecule has 2 aromatic carbocycles. The van der Waals surface area contributed by atoms with Gasteiger partial charge in [-0.25, -0.2) is 0 Å². The molecule has 3 heteroatoms. The largest absolute Gasteiger partial charge is 0.293 e. The highest BCUT2D eigenvalue weighted by atomic mass is 35.5. The van der Waals surface area contributed by atoms with Crippen LogP contribution in [0.1, 0.15) is 27.4 Å². The molecule has 18 heavy (non-hydrogen) atoms. The maximum absolute atomic E-state index is 12.3. The van der Waals surface area contributed by atoms with Crippen LogP contribution < -0.4 is 0 Å². The van der Waals surface area contributed by atoms with Crippen LogP contribution >= 0.6 is 23.2 Å². The molecule has 1 atom stereocenters. The van der Waals surface area contributed by atoms with Gasteiger partial charge in [0.05, 0.1) is 5.92 Å². The SMILES string of the molecule is O=C1c2ccc(Cl)cc2CC1c1cccc(Cl)c1. The Kier molecular flexibility index (Phi) is 2.89. The zero-order valence-electron chi connectivity index (χ0n) is 9.49. The van der Waals surface area contributed by atoms with Crippen molar-refractivity contribution in [3.63, 3.8) is 0 Å². The normalized spacial score (nSPS) is 17.9. The molecule has 0 aromatic heterocycles. The van der Waals surface area contributed by atoms with Gasteiger partial charge in [0.15, 0.2) is 5.78 Å². The second kappa shape index (κ2) is 4.42. The third-order valence-electron chi connectivity index (χ3n) is 3.32. The summed E-state index contributed by atoms with van der Waals surface area (Å²) in [7, 11) is 0. The molecule has 0 fully saturated rings. The number of rotatable bonds is 1. The number of hydrogen-bond donors (Lipinski definition) is 0. The predicted molar refractivity (Wildman–Crippen MR) is 73.7 cm³/mol. The number of fused-ring (bicyclic) bond motifs is 1. The first-order chi connectivity index (χ1) is 8.65. The van der Waals surface area contributed by atoms with Gasteiger partial charge < -0.3 is 0 Å². The molecule has 0 N–H and O–H groups in total. The van der Waals surface area contributed by atoms with Crippen LogP contribution in [0.25, 0.3) is 0 Å². The molecule has 1 unspecified atom stereocenters. The van der Waals surface area contributed by atoms with Crippen LogP contribution in [0.3, 0.4) is 0 Å². The second-order valence-electron chi connectivity index (χ2n) is 4.48. The first-order valence-corrected chi connectivity index (χ1v) is 6.49. The van der Waals surface area contributed by atoms with Gasteiger partial charge in [-0.2, -0.15) is 0 Å². The lowest BCUT2D eigenvalue weighted by atomic mass is 9.95. The Morgan fingerprint density at radius 3 is 2.56 bits per heavy atom. The van der Waals surface area contributed by atoms with Crippen LogP contribution in [0.4, 0.5) is 0 Å². The summed E-state index contributed by atoms with van der Waals surface area (Å²) < 4.78 is 0. The van der Waals surface area contributed by atoms with E-state index in [0.29, 0.717) is 16.5 Å². The van der Waals surface area contributed by atoms with Gasteiger partial charge in [0.1, 0.15) is 0 Å². The number of hydrogen-bond acceptors (Lipinski definition) is 1. The molecule has 3 rings (SSSR count). The topological polar surface area (TPSA) is 17.1 Å². The van der Waals surface area contributed by atoms with E-state index >= 15 is 0 Å². The summed E-state index contributed by atoms with van der Waals surface area (Å²) in [5.41, 5.74) is 2.78. The van der Waals surface area contributed by atoms with Gasteiger partial charge in [-0.15, -0.1) is 0 Å². The van der Waals surface area contributed by atoms with Crippen LogP contribution in [0, 0.1) is 0 Å². The summed E-state index contributed by atoms with van der Waals surface area (Å²) in [5.74, 6) is 0.0288.